The second kappa shape index (κ2) is 8.09. The minimum absolute atomic E-state index is 0.225. The minimum Gasteiger partial charge on any atom is -0.446 e. The largest absolute Gasteiger partial charge is 0.446 e. The third-order valence-electron chi connectivity index (χ3n) is 5.74. The Labute approximate surface area is 190 Å². The van der Waals surface area contributed by atoms with Crippen LogP contribution >= 0.6 is 0 Å². The molecule has 1 aliphatic rings. The van der Waals surface area contributed by atoms with Crippen LogP contribution in [0.4, 0.5) is 0 Å². The second-order valence-electron chi connectivity index (χ2n) is 7.87. The number of nitrogens with zero attached hydrogens (tertiary/aromatic N) is 3. The molecule has 2 heterocycles. The van der Waals surface area contributed by atoms with E-state index in [-0.39, 0.29) is 11.8 Å². The Hall–Kier alpha value is -4.13. The van der Waals surface area contributed by atoms with Crippen molar-refractivity contribution >= 4 is 39.6 Å². The smallest absolute Gasteiger partial charge is 0.308 e. The third-order valence-corrected chi connectivity index (χ3v) is 5.74. The SMILES string of the molecule is CCn1c2ccccc2c2cc(C3OC(c4ccccc4OC(C)=O)=NN3C(C)=O)ccc21. The Bertz CT molecular complexity index is 1440. The van der Waals surface area contributed by atoms with E-state index in [4.69, 9.17) is 9.47 Å². The number of hydrazone groups is 1. The normalized spacial score (nSPS) is 15.5. The summed E-state index contributed by atoms with van der Waals surface area (Å²) in [5.41, 5.74) is 3.59. The summed E-state index contributed by atoms with van der Waals surface area (Å²) in [6.45, 7) is 5.75. The van der Waals surface area contributed by atoms with Crippen molar-refractivity contribution in [2.45, 2.75) is 33.5 Å². The number of carbonyl (C=O) groups excluding carboxylic acids is 2. The van der Waals surface area contributed by atoms with Crippen molar-refractivity contribution in [1.82, 2.24) is 9.58 Å². The fourth-order valence-corrected chi connectivity index (χ4v) is 4.34. The number of amides is 1. The fourth-order valence-electron chi connectivity index (χ4n) is 4.34. The van der Waals surface area contributed by atoms with Gasteiger partial charge < -0.3 is 14.0 Å². The standard InChI is InChI=1S/C26H23N3O4/c1-4-28-22-11-7-5-9-19(22)21-15-18(13-14-23(21)28)26-29(16(2)30)27-25(33-26)20-10-6-8-12-24(20)32-17(3)31/h5-15,26H,4H2,1-3H3. The summed E-state index contributed by atoms with van der Waals surface area (Å²) in [7, 11) is 0. The summed E-state index contributed by atoms with van der Waals surface area (Å²) in [5, 5.41) is 7.98. The topological polar surface area (TPSA) is 73.1 Å². The summed E-state index contributed by atoms with van der Waals surface area (Å²) in [4.78, 5) is 24.0. The van der Waals surface area contributed by atoms with Crippen molar-refractivity contribution in [3.8, 4) is 5.75 Å². The Morgan fingerprint density at radius 1 is 0.970 bits per heavy atom. The van der Waals surface area contributed by atoms with E-state index < -0.39 is 12.2 Å². The lowest BCUT2D eigenvalue weighted by atomic mass is 10.1. The predicted molar refractivity (Wildman–Crippen MR) is 126 cm³/mol. The Balaban J connectivity index is 1.58. The highest BCUT2D eigenvalue weighted by molar-refractivity contribution is 6.08. The number of para-hydroxylation sites is 2. The van der Waals surface area contributed by atoms with Gasteiger partial charge in [-0.05, 0) is 37.3 Å². The number of rotatable bonds is 4. The molecule has 0 saturated carbocycles. The summed E-state index contributed by atoms with van der Waals surface area (Å²) in [6, 6.07) is 21.3. The van der Waals surface area contributed by atoms with Crippen molar-refractivity contribution in [2.75, 3.05) is 0 Å². The van der Waals surface area contributed by atoms with Gasteiger partial charge in [0.05, 0.1) is 5.56 Å². The first kappa shape index (κ1) is 20.8. The summed E-state index contributed by atoms with van der Waals surface area (Å²) in [5.74, 6) is -0.146. The van der Waals surface area contributed by atoms with E-state index in [1.807, 2.05) is 18.2 Å². The van der Waals surface area contributed by atoms with Crippen LogP contribution in [0.25, 0.3) is 21.8 Å². The Kier molecular flexibility index (Phi) is 5.09. The molecule has 166 valence electrons. The van der Waals surface area contributed by atoms with E-state index in [0.717, 1.165) is 33.9 Å². The maximum atomic E-state index is 12.4. The number of hydrogen-bond acceptors (Lipinski definition) is 5. The van der Waals surface area contributed by atoms with E-state index in [9.17, 15) is 9.59 Å². The van der Waals surface area contributed by atoms with Crippen LogP contribution in [0.3, 0.4) is 0 Å². The second-order valence-corrected chi connectivity index (χ2v) is 7.87. The lowest BCUT2D eigenvalue weighted by molar-refractivity contribution is -0.135. The molecule has 4 aromatic rings. The first-order valence-electron chi connectivity index (χ1n) is 10.8. The predicted octanol–water partition coefficient (Wildman–Crippen LogP) is 4.98. The van der Waals surface area contributed by atoms with E-state index in [0.29, 0.717) is 11.3 Å². The highest BCUT2D eigenvalue weighted by Crippen LogP contribution is 2.36. The van der Waals surface area contributed by atoms with Crippen LogP contribution in [0.1, 0.15) is 38.1 Å². The zero-order chi connectivity index (χ0) is 23.1. The van der Waals surface area contributed by atoms with E-state index in [1.54, 1.807) is 24.3 Å². The van der Waals surface area contributed by atoms with Crippen LogP contribution in [0, 0.1) is 0 Å². The molecule has 0 spiro atoms. The van der Waals surface area contributed by atoms with Crippen molar-refractivity contribution < 1.29 is 19.1 Å². The molecule has 1 atom stereocenters. The molecular formula is C26H23N3O4. The molecule has 7 nitrogen and oxygen atoms in total. The highest BCUT2D eigenvalue weighted by Gasteiger charge is 2.34. The van der Waals surface area contributed by atoms with Crippen LogP contribution in [0.15, 0.2) is 71.8 Å². The Morgan fingerprint density at radius 2 is 1.70 bits per heavy atom. The first-order chi connectivity index (χ1) is 16.0. The highest BCUT2D eigenvalue weighted by atomic mass is 16.5. The van der Waals surface area contributed by atoms with Crippen LogP contribution in [0.2, 0.25) is 0 Å². The number of aryl methyl sites for hydroxylation is 1. The molecule has 1 aliphatic heterocycles. The average Bonchev–Trinajstić information content (AvgIpc) is 3.38. The average molecular weight is 441 g/mol. The van der Waals surface area contributed by atoms with E-state index in [1.165, 1.54) is 18.9 Å². The van der Waals surface area contributed by atoms with Gasteiger partial charge in [0.2, 0.25) is 18.0 Å². The molecule has 33 heavy (non-hydrogen) atoms. The quantitative estimate of drug-likeness (QED) is 0.331. The van der Waals surface area contributed by atoms with Gasteiger partial charge in [-0.25, -0.2) is 0 Å². The number of hydrogen-bond donors (Lipinski definition) is 0. The molecule has 5 rings (SSSR count). The lowest BCUT2D eigenvalue weighted by Crippen LogP contribution is -2.25. The molecule has 0 aliphatic carbocycles. The van der Waals surface area contributed by atoms with Crippen molar-refractivity contribution in [2.24, 2.45) is 5.10 Å². The van der Waals surface area contributed by atoms with Crippen molar-refractivity contribution in [3.05, 3.63) is 77.9 Å². The van der Waals surface area contributed by atoms with Crippen LogP contribution in [-0.4, -0.2) is 27.4 Å². The summed E-state index contributed by atoms with van der Waals surface area (Å²) >= 11 is 0. The number of aromatic nitrogens is 1. The number of carbonyl (C=O) groups is 2. The van der Waals surface area contributed by atoms with Crippen LogP contribution < -0.4 is 4.74 Å². The van der Waals surface area contributed by atoms with Gasteiger partial charge in [0, 0.05) is 47.8 Å². The lowest BCUT2D eigenvalue weighted by Gasteiger charge is -2.19. The molecule has 0 N–H and O–H groups in total. The van der Waals surface area contributed by atoms with E-state index in [2.05, 4.69) is 40.9 Å². The molecule has 3 aromatic carbocycles. The van der Waals surface area contributed by atoms with E-state index >= 15 is 0 Å². The maximum absolute atomic E-state index is 12.4. The van der Waals surface area contributed by atoms with Gasteiger partial charge in [-0.15, -0.1) is 5.10 Å². The molecule has 1 unspecified atom stereocenters. The number of esters is 1. The molecule has 0 bridgehead atoms. The molecule has 1 amide bonds. The molecule has 0 saturated heterocycles. The molecule has 0 fully saturated rings. The first-order valence-corrected chi connectivity index (χ1v) is 10.8. The zero-order valence-corrected chi connectivity index (χ0v) is 18.6. The van der Waals surface area contributed by atoms with Crippen LogP contribution in [-0.2, 0) is 20.9 Å². The van der Waals surface area contributed by atoms with Crippen LogP contribution in [0.5, 0.6) is 5.75 Å². The Morgan fingerprint density at radius 3 is 2.45 bits per heavy atom. The van der Waals surface area contributed by atoms with Gasteiger partial charge in [-0.3, -0.25) is 9.59 Å². The summed E-state index contributed by atoms with van der Waals surface area (Å²) in [6.07, 6.45) is -0.726. The maximum Gasteiger partial charge on any atom is 0.308 e. The van der Waals surface area contributed by atoms with Gasteiger partial charge in [-0.1, -0.05) is 36.4 Å². The molecular weight excluding hydrogens is 418 g/mol. The van der Waals surface area contributed by atoms with Gasteiger partial charge in [0.1, 0.15) is 5.75 Å². The van der Waals surface area contributed by atoms with Crippen molar-refractivity contribution in [3.63, 3.8) is 0 Å². The molecule has 7 heteroatoms. The van der Waals surface area contributed by atoms with Gasteiger partial charge >= 0.3 is 5.97 Å². The van der Waals surface area contributed by atoms with Gasteiger partial charge in [0.15, 0.2) is 0 Å². The number of benzene rings is 3. The van der Waals surface area contributed by atoms with Crippen molar-refractivity contribution in [1.29, 1.82) is 0 Å². The zero-order valence-electron chi connectivity index (χ0n) is 18.6. The van der Waals surface area contributed by atoms with Gasteiger partial charge in [0.25, 0.3) is 0 Å². The summed E-state index contributed by atoms with van der Waals surface area (Å²) < 4.78 is 13.8. The fraction of sp³-hybridized carbons (Fsp3) is 0.192. The molecule has 1 aromatic heterocycles. The minimum atomic E-state index is -0.726. The monoisotopic (exact) mass is 441 g/mol. The third kappa shape index (κ3) is 3.51. The number of fused-ring (bicyclic) bond motifs is 3. The number of ether oxygens (including phenoxy) is 2. The molecule has 0 radical (unpaired) electrons. The van der Waals surface area contributed by atoms with Gasteiger partial charge in [-0.2, -0.15) is 5.01 Å².